The third kappa shape index (κ3) is 2.79. The summed E-state index contributed by atoms with van der Waals surface area (Å²) in [6.45, 7) is 2.22. The van der Waals surface area contributed by atoms with Crippen molar-refractivity contribution in [2.75, 3.05) is 18.0 Å². The zero-order chi connectivity index (χ0) is 17.3. The van der Waals surface area contributed by atoms with Crippen LogP contribution in [0.3, 0.4) is 0 Å². The maximum Gasteiger partial charge on any atom is 0.128 e. The van der Waals surface area contributed by atoms with Gasteiger partial charge in [-0.3, -0.25) is 0 Å². The normalized spacial score (nSPS) is 13.9. The molecule has 1 fully saturated rings. The number of rotatable bonds is 3. The number of pyridine rings is 1. The SMILES string of the molecule is c1cc(-c2ccc3sc(-c4ccc(N5CCCC5)nc4)nc3c2)cnc#1. The van der Waals surface area contributed by atoms with Gasteiger partial charge < -0.3 is 4.90 Å². The molecule has 0 spiro atoms. The van der Waals surface area contributed by atoms with E-state index in [2.05, 4.69) is 57.5 Å². The Kier molecular flexibility index (Phi) is 3.76. The van der Waals surface area contributed by atoms with E-state index in [9.17, 15) is 0 Å². The Morgan fingerprint density at radius 1 is 0.962 bits per heavy atom. The van der Waals surface area contributed by atoms with Crippen LogP contribution in [0.15, 0.2) is 48.8 Å². The molecule has 5 heteroatoms. The number of benzene rings is 1. The first-order chi connectivity index (χ1) is 12.9. The molecule has 0 atom stereocenters. The van der Waals surface area contributed by atoms with Crippen LogP contribution in [0.5, 0.6) is 0 Å². The first kappa shape index (κ1) is 15.3. The number of nitrogens with zero attached hydrogens (tertiary/aromatic N) is 4. The lowest BCUT2D eigenvalue weighted by Crippen LogP contribution is -2.18. The molecule has 0 saturated carbocycles. The van der Waals surface area contributed by atoms with Crippen LogP contribution in [0.4, 0.5) is 5.82 Å². The van der Waals surface area contributed by atoms with Crippen LogP contribution in [0.25, 0.3) is 31.9 Å². The Labute approximate surface area is 156 Å². The number of anilines is 1. The zero-order valence-corrected chi connectivity index (χ0v) is 15.0. The molecule has 1 saturated heterocycles. The van der Waals surface area contributed by atoms with Crippen molar-refractivity contribution in [3.05, 3.63) is 61.1 Å². The maximum atomic E-state index is 4.82. The van der Waals surface area contributed by atoms with Gasteiger partial charge in [-0.05, 0) is 54.8 Å². The van der Waals surface area contributed by atoms with Crippen molar-refractivity contribution in [1.29, 1.82) is 0 Å². The van der Waals surface area contributed by atoms with Crippen molar-refractivity contribution < 1.29 is 0 Å². The number of hydrogen-bond donors (Lipinski definition) is 0. The summed E-state index contributed by atoms with van der Waals surface area (Å²) in [5, 5.41) is 1.00. The fourth-order valence-electron chi connectivity index (χ4n) is 3.32. The van der Waals surface area contributed by atoms with Gasteiger partial charge in [0.1, 0.15) is 10.8 Å². The molecule has 1 aliphatic heterocycles. The molecule has 26 heavy (non-hydrogen) atoms. The third-order valence-corrected chi connectivity index (χ3v) is 5.79. The van der Waals surface area contributed by atoms with Crippen LogP contribution in [-0.2, 0) is 0 Å². The Bertz CT molecular complexity index is 1030. The van der Waals surface area contributed by atoms with Crippen LogP contribution in [0.2, 0.25) is 0 Å². The molecule has 4 aromatic rings. The summed E-state index contributed by atoms with van der Waals surface area (Å²) in [6.07, 6.45) is 8.95. The minimum absolute atomic E-state index is 0.999. The van der Waals surface area contributed by atoms with E-state index in [1.54, 1.807) is 17.5 Å². The minimum atomic E-state index is 0.999. The summed E-state index contributed by atoms with van der Waals surface area (Å²) in [4.78, 5) is 15.8. The van der Waals surface area contributed by atoms with Crippen molar-refractivity contribution in [3.8, 4) is 21.7 Å². The summed E-state index contributed by atoms with van der Waals surface area (Å²) in [5.41, 5.74) is 4.19. The van der Waals surface area contributed by atoms with Gasteiger partial charge in [0.25, 0.3) is 0 Å². The first-order valence-electron chi connectivity index (χ1n) is 8.73. The predicted molar refractivity (Wildman–Crippen MR) is 105 cm³/mol. The van der Waals surface area contributed by atoms with Crippen molar-refractivity contribution in [2.24, 2.45) is 0 Å². The fraction of sp³-hybridized carbons (Fsp3) is 0.190. The van der Waals surface area contributed by atoms with E-state index >= 15 is 0 Å². The van der Waals surface area contributed by atoms with Crippen LogP contribution in [0, 0.1) is 12.3 Å². The van der Waals surface area contributed by atoms with Crippen LogP contribution < -0.4 is 4.90 Å². The Hall–Kier alpha value is -2.97. The van der Waals surface area contributed by atoms with Crippen LogP contribution in [-0.4, -0.2) is 28.0 Å². The monoisotopic (exact) mass is 356 g/mol. The summed E-state index contributed by atoms with van der Waals surface area (Å²) >= 11 is 1.70. The van der Waals surface area contributed by atoms with E-state index < -0.39 is 0 Å². The second-order valence-corrected chi connectivity index (χ2v) is 7.45. The number of hydrogen-bond acceptors (Lipinski definition) is 5. The second-order valence-electron chi connectivity index (χ2n) is 6.41. The average molecular weight is 356 g/mol. The lowest BCUT2D eigenvalue weighted by atomic mass is 10.1. The van der Waals surface area contributed by atoms with Crippen molar-refractivity contribution in [1.82, 2.24) is 15.0 Å². The van der Waals surface area contributed by atoms with Gasteiger partial charge >= 0.3 is 0 Å². The summed E-state index contributed by atoms with van der Waals surface area (Å²) in [7, 11) is 0. The minimum Gasteiger partial charge on any atom is -0.357 e. The Morgan fingerprint density at radius 3 is 2.62 bits per heavy atom. The molecular formula is C21H16N4S. The number of fused-ring (bicyclic) bond motifs is 1. The molecule has 4 heterocycles. The highest BCUT2D eigenvalue weighted by atomic mass is 32.1. The van der Waals surface area contributed by atoms with E-state index in [0.29, 0.717) is 0 Å². The van der Waals surface area contributed by atoms with Gasteiger partial charge in [-0.1, -0.05) is 6.07 Å². The highest BCUT2D eigenvalue weighted by Crippen LogP contribution is 2.33. The van der Waals surface area contributed by atoms with Gasteiger partial charge in [-0.2, -0.15) is 0 Å². The molecular weight excluding hydrogens is 340 g/mol. The van der Waals surface area contributed by atoms with Gasteiger partial charge in [0.05, 0.1) is 10.2 Å². The van der Waals surface area contributed by atoms with E-state index in [4.69, 9.17) is 4.98 Å². The van der Waals surface area contributed by atoms with Crippen molar-refractivity contribution in [2.45, 2.75) is 12.8 Å². The van der Waals surface area contributed by atoms with E-state index in [1.165, 1.54) is 17.5 Å². The lowest BCUT2D eigenvalue weighted by molar-refractivity contribution is 0.938. The number of aromatic nitrogens is 3. The highest BCUT2D eigenvalue weighted by Gasteiger charge is 2.14. The van der Waals surface area contributed by atoms with Gasteiger partial charge in [-0.15, -0.1) is 11.3 Å². The first-order valence-corrected chi connectivity index (χ1v) is 9.55. The molecule has 0 radical (unpaired) electrons. The van der Waals surface area contributed by atoms with Gasteiger partial charge in [0, 0.05) is 42.8 Å². The van der Waals surface area contributed by atoms with E-state index in [0.717, 1.165) is 46.1 Å². The zero-order valence-electron chi connectivity index (χ0n) is 14.1. The molecule has 0 N–H and O–H groups in total. The Balaban J connectivity index is 1.47. The van der Waals surface area contributed by atoms with E-state index in [1.807, 2.05) is 12.3 Å². The van der Waals surface area contributed by atoms with Crippen molar-refractivity contribution >= 4 is 27.4 Å². The highest BCUT2D eigenvalue weighted by molar-refractivity contribution is 7.21. The summed E-state index contributed by atoms with van der Waals surface area (Å²) in [6, 6.07) is 15.4. The molecule has 1 aromatic carbocycles. The summed E-state index contributed by atoms with van der Waals surface area (Å²) in [5.74, 6) is 1.07. The molecule has 0 unspecified atom stereocenters. The molecule has 126 valence electrons. The molecule has 0 bridgehead atoms. The topological polar surface area (TPSA) is 41.9 Å². The molecule has 0 aliphatic carbocycles. The summed E-state index contributed by atoms with van der Waals surface area (Å²) < 4.78 is 1.17. The Morgan fingerprint density at radius 2 is 1.85 bits per heavy atom. The number of thiazole rings is 1. The fourth-order valence-corrected chi connectivity index (χ4v) is 4.26. The largest absolute Gasteiger partial charge is 0.357 e. The standard InChI is InChI=1S/C21H16N4S/c1-2-11-25(10-1)20-8-6-17(14-23-20)21-24-18-12-15(5-7-19(18)26-21)16-4-3-9-22-13-16/h4-8,12-14H,1-2,10-11H2. The second kappa shape index (κ2) is 6.40. The molecule has 3 aromatic heterocycles. The van der Waals surface area contributed by atoms with Crippen LogP contribution in [0.1, 0.15) is 12.8 Å². The molecule has 1 aliphatic rings. The molecule has 4 nitrogen and oxygen atoms in total. The van der Waals surface area contributed by atoms with Gasteiger partial charge in [0.2, 0.25) is 0 Å². The smallest absolute Gasteiger partial charge is 0.128 e. The maximum absolute atomic E-state index is 4.82. The lowest BCUT2D eigenvalue weighted by Gasteiger charge is -2.15. The average Bonchev–Trinajstić information content (AvgIpc) is 3.38. The van der Waals surface area contributed by atoms with Gasteiger partial charge in [-0.25, -0.2) is 15.0 Å². The predicted octanol–water partition coefficient (Wildman–Crippen LogP) is 4.62. The van der Waals surface area contributed by atoms with Crippen molar-refractivity contribution in [3.63, 3.8) is 0 Å². The third-order valence-electron chi connectivity index (χ3n) is 4.71. The molecule has 0 amide bonds. The van der Waals surface area contributed by atoms with Gasteiger partial charge in [0.15, 0.2) is 0 Å². The van der Waals surface area contributed by atoms with E-state index in [-0.39, 0.29) is 0 Å². The quantitative estimate of drug-likeness (QED) is 0.537. The van der Waals surface area contributed by atoms with Crippen LogP contribution >= 0.6 is 11.3 Å². The molecule has 5 rings (SSSR count).